The van der Waals surface area contributed by atoms with E-state index >= 15 is 0 Å². The van der Waals surface area contributed by atoms with Crippen LogP contribution in [0.3, 0.4) is 0 Å². The summed E-state index contributed by atoms with van der Waals surface area (Å²) in [7, 11) is 1.16. The molecule has 6 atom stereocenters. The van der Waals surface area contributed by atoms with Crippen LogP contribution in [-0.2, 0) is 30.2 Å². The number of nitrogens with one attached hydrogen (secondary N) is 2. The lowest BCUT2D eigenvalue weighted by molar-refractivity contribution is -0.150. The molecule has 2 rings (SSSR count). The number of amides is 2. The third-order valence-corrected chi connectivity index (χ3v) is 5.95. The molecule has 0 radical (unpaired) electrons. The average Bonchev–Trinajstić information content (AvgIpc) is 3.03. The predicted molar refractivity (Wildman–Crippen MR) is 145 cm³/mol. The van der Waals surface area contributed by atoms with Crippen molar-refractivity contribution in [3.05, 3.63) is 48.0 Å². The van der Waals surface area contributed by atoms with E-state index in [1.807, 2.05) is 51.1 Å². The van der Waals surface area contributed by atoms with Crippen molar-refractivity contribution in [2.75, 3.05) is 20.3 Å². The fourth-order valence-corrected chi connectivity index (χ4v) is 3.77. The van der Waals surface area contributed by atoms with Crippen molar-refractivity contribution >= 4 is 18.0 Å². The van der Waals surface area contributed by atoms with E-state index in [0.717, 1.165) is 12.7 Å². The fraction of sp³-hybridized carbons (Fsp3) is 0.607. The molecule has 0 saturated carbocycles. The van der Waals surface area contributed by atoms with Gasteiger partial charge in [-0.05, 0) is 23.8 Å². The topological polar surface area (TPSA) is 164 Å². The minimum absolute atomic E-state index is 0. The van der Waals surface area contributed by atoms with E-state index in [-0.39, 0.29) is 38.8 Å². The molecule has 1 aliphatic heterocycles. The van der Waals surface area contributed by atoms with Gasteiger partial charge in [0.2, 0.25) is 5.91 Å². The van der Waals surface area contributed by atoms with Crippen LogP contribution in [-0.4, -0.2) is 90.1 Å². The van der Waals surface area contributed by atoms with Crippen LogP contribution in [0.5, 0.6) is 0 Å². The third kappa shape index (κ3) is 11.7. The maximum Gasteiger partial charge on any atom is 0.508 e. The SMILES string of the molecule is C.COC(C(=O)NC1CCC(OC(=O)OCCc2ccccc2)CNC1=O)C(O)C(O)C(O)/C=C/C(C)(C)C. The first kappa shape index (κ1) is 34.0. The number of allylic oxidation sites excluding steroid dienone is 1. The Kier molecular flexibility index (Phi) is 14.1. The Morgan fingerprint density at radius 3 is 2.41 bits per heavy atom. The summed E-state index contributed by atoms with van der Waals surface area (Å²) < 4.78 is 15.5. The molecule has 220 valence electrons. The summed E-state index contributed by atoms with van der Waals surface area (Å²) >= 11 is 0. The number of aliphatic hydroxyl groups excluding tert-OH is 3. The van der Waals surface area contributed by atoms with Crippen molar-refractivity contribution in [2.24, 2.45) is 5.41 Å². The van der Waals surface area contributed by atoms with E-state index in [1.54, 1.807) is 6.08 Å². The molecule has 0 aromatic heterocycles. The molecule has 1 fully saturated rings. The van der Waals surface area contributed by atoms with Crippen LogP contribution in [0.25, 0.3) is 0 Å². The van der Waals surface area contributed by atoms with Gasteiger partial charge in [-0.2, -0.15) is 0 Å². The van der Waals surface area contributed by atoms with Crippen molar-refractivity contribution in [2.45, 2.75) is 84.0 Å². The summed E-state index contributed by atoms with van der Waals surface area (Å²) in [6, 6.07) is 8.53. The normalized spacial score (nSPS) is 20.9. The molecule has 11 heteroatoms. The average molecular weight is 553 g/mol. The van der Waals surface area contributed by atoms with Gasteiger partial charge in [-0.25, -0.2) is 4.79 Å². The van der Waals surface area contributed by atoms with Gasteiger partial charge in [0.1, 0.15) is 30.5 Å². The molecule has 1 aromatic rings. The molecule has 0 bridgehead atoms. The van der Waals surface area contributed by atoms with E-state index < -0.39 is 54.5 Å². The van der Waals surface area contributed by atoms with E-state index in [9.17, 15) is 29.7 Å². The van der Waals surface area contributed by atoms with Crippen molar-refractivity contribution in [1.82, 2.24) is 10.6 Å². The first-order valence-electron chi connectivity index (χ1n) is 12.6. The van der Waals surface area contributed by atoms with Crippen LogP contribution in [0.15, 0.2) is 42.5 Å². The van der Waals surface area contributed by atoms with Crippen LogP contribution in [0.1, 0.15) is 46.6 Å². The number of carbonyl (C=O) groups is 3. The number of benzene rings is 1. The number of hydrogen-bond acceptors (Lipinski definition) is 9. The summed E-state index contributed by atoms with van der Waals surface area (Å²) in [6.07, 6.45) is -4.02. The van der Waals surface area contributed by atoms with Crippen LogP contribution >= 0.6 is 0 Å². The molecule has 1 aliphatic rings. The van der Waals surface area contributed by atoms with Gasteiger partial charge >= 0.3 is 6.16 Å². The lowest BCUT2D eigenvalue weighted by Gasteiger charge is -2.28. The highest BCUT2D eigenvalue weighted by atomic mass is 16.7. The highest BCUT2D eigenvalue weighted by molar-refractivity contribution is 5.89. The molecule has 0 aliphatic carbocycles. The molecule has 1 saturated heterocycles. The zero-order chi connectivity index (χ0) is 28.3. The summed E-state index contributed by atoms with van der Waals surface area (Å²) in [6.45, 7) is 5.88. The van der Waals surface area contributed by atoms with Crippen LogP contribution < -0.4 is 10.6 Å². The van der Waals surface area contributed by atoms with Crippen molar-refractivity contribution in [1.29, 1.82) is 0 Å². The van der Waals surface area contributed by atoms with Gasteiger partial charge in [-0.15, -0.1) is 0 Å². The number of rotatable bonds is 11. The van der Waals surface area contributed by atoms with E-state index in [2.05, 4.69) is 10.6 Å². The Labute approximate surface area is 230 Å². The van der Waals surface area contributed by atoms with Crippen LogP contribution in [0.2, 0.25) is 0 Å². The highest BCUT2D eigenvalue weighted by Gasteiger charge is 2.37. The Morgan fingerprint density at radius 2 is 1.79 bits per heavy atom. The molecule has 11 nitrogen and oxygen atoms in total. The predicted octanol–water partition coefficient (Wildman–Crippen LogP) is 1.48. The molecule has 1 heterocycles. The number of hydrogen-bond donors (Lipinski definition) is 5. The molecular weight excluding hydrogens is 508 g/mol. The maximum absolute atomic E-state index is 12.8. The maximum atomic E-state index is 12.8. The number of aliphatic hydroxyl groups is 3. The van der Waals surface area contributed by atoms with Gasteiger partial charge in [0.15, 0.2) is 6.10 Å². The Bertz CT molecular complexity index is 933. The molecular formula is C28H44N2O9. The second-order valence-electron chi connectivity index (χ2n) is 10.3. The number of carbonyl (C=O) groups excluding carboxylic acids is 3. The number of methoxy groups -OCH3 is 1. The van der Waals surface area contributed by atoms with Gasteiger partial charge in [0.25, 0.3) is 5.91 Å². The highest BCUT2D eigenvalue weighted by Crippen LogP contribution is 2.17. The van der Waals surface area contributed by atoms with Crippen molar-refractivity contribution in [3.63, 3.8) is 0 Å². The standard InChI is InChI=1S/C27H40N2O9.CH4/c1-27(2,3)14-12-20(30)21(31)22(32)23(36-4)25(34)29-19-11-10-18(16-28-24(19)33)38-26(35)37-15-13-17-8-6-5-7-9-17;/h5-9,12,14,18-23,30-32H,10-11,13,15-16H2,1-4H3,(H,28,33)(H,29,34);1H4/b14-12+;. The van der Waals surface area contributed by atoms with Crippen LogP contribution in [0, 0.1) is 5.41 Å². The molecule has 0 spiro atoms. The smallest absolute Gasteiger partial charge is 0.434 e. The Hall–Kier alpha value is -2.99. The van der Waals surface area contributed by atoms with Gasteiger partial charge < -0.3 is 40.2 Å². The van der Waals surface area contributed by atoms with Gasteiger partial charge in [-0.1, -0.05) is 70.7 Å². The lowest BCUT2D eigenvalue weighted by Crippen LogP contribution is -2.55. The molecule has 6 unspecified atom stereocenters. The minimum Gasteiger partial charge on any atom is -0.434 e. The van der Waals surface area contributed by atoms with E-state index in [0.29, 0.717) is 6.42 Å². The first-order valence-corrected chi connectivity index (χ1v) is 12.6. The lowest BCUT2D eigenvalue weighted by atomic mass is 9.94. The molecule has 39 heavy (non-hydrogen) atoms. The summed E-state index contributed by atoms with van der Waals surface area (Å²) in [5.41, 5.74) is 0.750. The largest absolute Gasteiger partial charge is 0.508 e. The third-order valence-electron chi connectivity index (χ3n) is 5.95. The van der Waals surface area contributed by atoms with Gasteiger partial charge in [-0.3, -0.25) is 9.59 Å². The molecule has 5 N–H and O–H groups in total. The zero-order valence-electron chi connectivity index (χ0n) is 22.3. The quantitative estimate of drug-likeness (QED) is 0.202. The Morgan fingerprint density at radius 1 is 1.13 bits per heavy atom. The zero-order valence-corrected chi connectivity index (χ0v) is 22.3. The summed E-state index contributed by atoms with van der Waals surface area (Å²) in [5, 5.41) is 36.1. The van der Waals surface area contributed by atoms with Crippen LogP contribution in [0.4, 0.5) is 4.79 Å². The molecule has 1 aromatic carbocycles. The Balaban J connectivity index is 0.00000760. The van der Waals surface area contributed by atoms with E-state index in [1.165, 1.54) is 6.08 Å². The van der Waals surface area contributed by atoms with Crippen molar-refractivity contribution in [3.8, 4) is 0 Å². The van der Waals surface area contributed by atoms with Gasteiger partial charge in [0.05, 0.1) is 13.2 Å². The second kappa shape index (κ2) is 16.2. The summed E-state index contributed by atoms with van der Waals surface area (Å²) in [4.78, 5) is 37.4. The molecule has 2 amide bonds. The first-order chi connectivity index (χ1) is 17.9. The minimum atomic E-state index is -1.77. The number of ether oxygens (including phenoxy) is 3. The second-order valence-corrected chi connectivity index (χ2v) is 10.3. The monoisotopic (exact) mass is 552 g/mol. The van der Waals surface area contributed by atoms with Gasteiger partial charge in [0, 0.05) is 13.5 Å². The van der Waals surface area contributed by atoms with Crippen molar-refractivity contribution < 1.29 is 43.9 Å². The van der Waals surface area contributed by atoms with E-state index in [4.69, 9.17) is 14.2 Å². The fourth-order valence-electron chi connectivity index (χ4n) is 3.77. The summed E-state index contributed by atoms with van der Waals surface area (Å²) in [5.74, 6) is -1.34.